The molecule has 0 amide bonds. The molecule has 0 aromatic carbocycles. The van der Waals surface area contributed by atoms with Gasteiger partial charge in [-0.15, -0.1) is 0 Å². The predicted octanol–water partition coefficient (Wildman–Crippen LogP) is -1.22. The average molecular weight is 405 g/mol. The predicted molar refractivity (Wildman–Crippen MR) is 35.8 cm³/mol. The van der Waals surface area contributed by atoms with Crippen LogP contribution >= 0.6 is 41.2 Å². The second-order valence-electron chi connectivity index (χ2n) is 0.260. The normalized spacial score (nSPS) is 6.00. The van der Waals surface area contributed by atoms with E-state index in [9.17, 15) is 0 Å². The van der Waals surface area contributed by atoms with E-state index in [0.717, 1.165) is 0 Å². The van der Waals surface area contributed by atoms with Gasteiger partial charge in [0, 0.05) is 0 Å². The van der Waals surface area contributed by atoms with Crippen LogP contribution in [0.2, 0.25) is 0 Å². The molecule has 5 heavy (non-hydrogen) atoms. The minimum atomic E-state index is 0.209. The van der Waals surface area contributed by atoms with Gasteiger partial charge >= 0.3 is 66.3 Å². The fourth-order valence-electron chi connectivity index (χ4n) is 0.0135. The van der Waals surface area contributed by atoms with Crippen LogP contribution in [0.5, 0.6) is 0 Å². The zero-order chi connectivity index (χ0) is 4.12. The Morgan fingerprint density at radius 1 is 1.60 bits per heavy atom. The van der Waals surface area contributed by atoms with Gasteiger partial charge < -0.3 is 0 Å². The van der Waals surface area contributed by atoms with Gasteiger partial charge in [0.05, 0.1) is 0 Å². The summed E-state index contributed by atoms with van der Waals surface area (Å²) in [6.45, 7) is 0. The second-order valence-corrected chi connectivity index (χ2v) is 4.48. The Bertz CT molecular complexity index is 57.0. The molecule has 0 fully saturated rings. The van der Waals surface area contributed by atoms with Crippen LogP contribution in [-0.2, 0) is 0 Å². The van der Waals surface area contributed by atoms with E-state index in [1.165, 1.54) is 0 Å². The zero-order valence-corrected chi connectivity index (χ0v) is 8.61. The van der Waals surface area contributed by atoms with Crippen LogP contribution in [0.15, 0.2) is 0 Å². The van der Waals surface area contributed by atoms with Crippen LogP contribution in [0.3, 0.4) is 0 Å². The monoisotopic (exact) mass is 405 g/mol. The van der Waals surface area contributed by atoms with Gasteiger partial charge in [0.25, 0.3) is 0 Å². The molecule has 0 unspecified atom stereocenters. The van der Waals surface area contributed by atoms with Crippen molar-refractivity contribution in [1.29, 1.82) is 0 Å². The van der Waals surface area contributed by atoms with Gasteiger partial charge in [-0.3, -0.25) is 0 Å². The van der Waals surface area contributed by atoms with E-state index in [4.69, 9.17) is 0 Å². The van der Waals surface area contributed by atoms with Crippen LogP contribution in [0.1, 0.15) is 0 Å². The molecule has 3 heteroatoms. The first-order valence-electron chi connectivity index (χ1n) is 0.771. The molecule has 0 aromatic rings. The summed E-state index contributed by atoms with van der Waals surface area (Å²) in [4.78, 5) is 0. The molecule has 0 aliphatic rings. The minimum absolute atomic E-state index is 0.209. The van der Waals surface area contributed by atoms with Crippen molar-refractivity contribution in [2.75, 3.05) is 0 Å². The Kier molecular flexibility index (Phi) is 7.76. The van der Waals surface area contributed by atoms with Crippen molar-refractivity contribution in [3.8, 4) is 7.85 Å². The molecule has 0 aliphatic heterocycles. The third kappa shape index (κ3) is 5.75. The van der Waals surface area contributed by atoms with E-state index in [-0.39, 0.29) is 17.2 Å². The van der Waals surface area contributed by atoms with Gasteiger partial charge in [-0.1, -0.05) is 0 Å². The summed E-state index contributed by atoms with van der Waals surface area (Å²) in [5.74, 6) is 0. The number of hydrogen-bond acceptors (Lipinski definition) is 0. The average Bonchev–Trinajstić information content (AvgIpc) is 1.41. The Balaban J connectivity index is 2.81. The second kappa shape index (κ2) is 5.75. The first kappa shape index (κ1) is 6.75. The molecule has 0 N–H and O–H groups in total. The molecule has 0 bridgehead atoms. The van der Waals surface area contributed by atoms with Gasteiger partial charge in [-0.25, -0.2) is 0 Å². The standard InChI is InChI=1S/C2I3/c3-1-2-5-4/q-1. The van der Waals surface area contributed by atoms with E-state index in [1.807, 2.05) is 22.6 Å². The van der Waals surface area contributed by atoms with E-state index in [0.29, 0.717) is 0 Å². The molecule has 0 rings (SSSR count). The molecule has 0 aromatic heterocycles. The molecule has 0 nitrogen and oxygen atoms in total. The van der Waals surface area contributed by atoms with Crippen molar-refractivity contribution in [2.24, 2.45) is 0 Å². The zero-order valence-electron chi connectivity index (χ0n) is 2.13. The van der Waals surface area contributed by atoms with Crippen molar-refractivity contribution in [3.63, 3.8) is 0 Å². The van der Waals surface area contributed by atoms with Gasteiger partial charge in [0.15, 0.2) is 0 Å². The summed E-state index contributed by atoms with van der Waals surface area (Å²) < 4.78 is 5.72. The summed E-state index contributed by atoms with van der Waals surface area (Å²) in [7, 11) is 0. The molecule has 0 saturated carbocycles. The quantitative estimate of drug-likeness (QED) is 0.351. The Morgan fingerprint density at radius 2 is 2.20 bits per heavy atom. The van der Waals surface area contributed by atoms with Crippen LogP contribution in [0, 0.1) is 7.85 Å². The number of halogens is 3. The van der Waals surface area contributed by atoms with E-state index in [1.54, 1.807) is 0 Å². The number of hydrogen-bond donors (Lipinski definition) is 0. The first-order valence-corrected chi connectivity index (χ1v) is 9.21. The maximum absolute atomic E-state index is 2.94. The summed E-state index contributed by atoms with van der Waals surface area (Å²) in [6.07, 6.45) is 0. The van der Waals surface area contributed by atoms with Crippen LogP contribution in [0.25, 0.3) is 0 Å². The van der Waals surface area contributed by atoms with Crippen LogP contribution in [-0.4, -0.2) is 0 Å². The molecular weight excluding hydrogens is 405 g/mol. The molecule has 0 radical (unpaired) electrons. The Hall–Kier alpha value is 1.75. The molecule has 0 heterocycles. The van der Waals surface area contributed by atoms with Gasteiger partial charge in [-0.2, -0.15) is 0 Å². The number of rotatable bonds is 0. The van der Waals surface area contributed by atoms with Gasteiger partial charge in [0.2, 0.25) is 0 Å². The molecule has 0 saturated heterocycles. The van der Waals surface area contributed by atoms with E-state index in [2.05, 4.69) is 26.5 Å². The van der Waals surface area contributed by atoms with Crippen molar-refractivity contribution in [3.05, 3.63) is 0 Å². The molecular formula is C2I3-. The molecule has 0 aliphatic carbocycles. The molecule has 0 atom stereocenters. The Labute approximate surface area is 65.0 Å². The SMILES string of the molecule is IC#C[I-]I. The Morgan fingerprint density at radius 3 is 2.20 bits per heavy atom. The van der Waals surface area contributed by atoms with Gasteiger partial charge in [-0.05, 0) is 0 Å². The summed E-state index contributed by atoms with van der Waals surface area (Å²) in [5.41, 5.74) is 0. The van der Waals surface area contributed by atoms with E-state index >= 15 is 0 Å². The third-order valence-electron chi connectivity index (χ3n) is 0.0714. The summed E-state index contributed by atoms with van der Waals surface area (Å²) >= 11 is 4.58. The molecule has 30 valence electrons. The first-order chi connectivity index (χ1) is 2.41. The van der Waals surface area contributed by atoms with E-state index < -0.39 is 0 Å². The molecule has 0 spiro atoms. The van der Waals surface area contributed by atoms with Crippen molar-refractivity contribution < 1.29 is 17.2 Å². The fraction of sp³-hybridized carbons (Fsp3) is 0. The van der Waals surface area contributed by atoms with Gasteiger partial charge in [0.1, 0.15) is 0 Å². The summed E-state index contributed by atoms with van der Waals surface area (Å²) in [5, 5.41) is 0. The van der Waals surface area contributed by atoms with Crippen LogP contribution < -0.4 is 17.2 Å². The van der Waals surface area contributed by atoms with Crippen LogP contribution in [0.4, 0.5) is 0 Å². The topological polar surface area (TPSA) is 0 Å². The maximum atomic E-state index is 2.94. The van der Waals surface area contributed by atoms with Crippen molar-refractivity contribution in [1.82, 2.24) is 0 Å². The van der Waals surface area contributed by atoms with Crippen molar-refractivity contribution in [2.45, 2.75) is 0 Å². The fourth-order valence-corrected chi connectivity index (χ4v) is 4.07. The summed E-state index contributed by atoms with van der Waals surface area (Å²) in [6, 6.07) is 0. The van der Waals surface area contributed by atoms with Crippen molar-refractivity contribution >= 4 is 41.2 Å². The third-order valence-corrected chi connectivity index (χ3v) is 3.21.